The van der Waals surface area contributed by atoms with E-state index in [1.54, 1.807) is 12.1 Å². The van der Waals surface area contributed by atoms with Gasteiger partial charge in [0.1, 0.15) is 11.5 Å². The van der Waals surface area contributed by atoms with Gasteiger partial charge in [-0.2, -0.15) is 0 Å². The summed E-state index contributed by atoms with van der Waals surface area (Å²) in [6, 6.07) is 15.8. The lowest BCUT2D eigenvalue weighted by molar-refractivity contribution is -0.0128. The fourth-order valence-corrected chi connectivity index (χ4v) is 4.57. The Balaban J connectivity index is 1.82. The largest absolute Gasteiger partial charge is 0.508 e. The number of ether oxygens (including phenoxy) is 1. The predicted molar refractivity (Wildman–Crippen MR) is 102 cm³/mol. The van der Waals surface area contributed by atoms with Gasteiger partial charge in [-0.25, -0.2) is 0 Å². The van der Waals surface area contributed by atoms with Gasteiger partial charge < -0.3 is 20.5 Å². The molecule has 130 valence electrons. The molecule has 2 aliphatic heterocycles. The van der Waals surface area contributed by atoms with E-state index in [9.17, 15) is 5.11 Å². The average Bonchev–Trinajstić information content (AvgIpc) is 2.52. The number of phenolic OH excluding ortho intramolecular Hbond substituents is 1. The van der Waals surface area contributed by atoms with Gasteiger partial charge in [-0.3, -0.25) is 0 Å². The second-order valence-corrected chi connectivity index (χ2v) is 8.03. The van der Waals surface area contributed by atoms with Gasteiger partial charge in [0.05, 0.1) is 0 Å². The first-order chi connectivity index (χ1) is 11.9. The lowest BCUT2D eigenvalue weighted by Crippen LogP contribution is -2.69. The highest BCUT2D eigenvalue weighted by molar-refractivity contribution is 7.80. The van der Waals surface area contributed by atoms with Crippen LogP contribution in [0.25, 0.3) is 0 Å². The molecule has 4 nitrogen and oxygen atoms in total. The van der Waals surface area contributed by atoms with Gasteiger partial charge in [0.15, 0.2) is 10.8 Å². The smallest absolute Gasteiger partial charge is 0.185 e. The third-order valence-electron chi connectivity index (χ3n) is 4.93. The maximum absolute atomic E-state index is 9.95. The number of nitrogens with one attached hydrogen (secondary N) is 2. The summed E-state index contributed by atoms with van der Waals surface area (Å²) in [5.41, 5.74) is 1.57. The number of hydrogen-bond acceptors (Lipinski definition) is 3. The van der Waals surface area contributed by atoms with Crippen LogP contribution in [0.5, 0.6) is 11.5 Å². The molecule has 1 spiro atoms. The number of hydrogen-bond donors (Lipinski definition) is 3. The van der Waals surface area contributed by atoms with Crippen molar-refractivity contribution in [2.75, 3.05) is 0 Å². The molecule has 2 aromatic carbocycles. The summed E-state index contributed by atoms with van der Waals surface area (Å²) >= 11 is 5.44. The van der Waals surface area contributed by atoms with E-state index >= 15 is 0 Å². The van der Waals surface area contributed by atoms with E-state index in [0.717, 1.165) is 18.4 Å². The molecule has 0 aromatic heterocycles. The molecule has 2 aromatic rings. The van der Waals surface area contributed by atoms with Crippen molar-refractivity contribution in [1.29, 1.82) is 0 Å². The minimum absolute atomic E-state index is 0.169. The van der Waals surface area contributed by atoms with Crippen LogP contribution < -0.4 is 15.4 Å². The van der Waals surface area contributed by atoms with Gasteiger partial charge in [-0.05, 0) is 37.7 Å². The van der Waals surface area contributed by atoms with Gasteiger partial charge in [-0.15, -0.1) is 0 Å². The monoisotopic (exact) mass is 354 g/mol. The number of rotatable bonds is 1. The van der Waals surface area contributed by atoms with Crippen LogP contribution in [0.15, 0.2) is 48.5 Å². The van der Waals surface area contributed by atoms with Crippen molar-refractivity contribution in [2.45, 2.75) is 43.9 Å². The van der Waals surface area contributed by atoms with Crippen LogP contribution in [0.1, 0.15) is 43.7 Å². The van der Waals surface area contributed by atoms with Gasteiger partial charge in [0.25, 0.3) is 0 Å². The first-order valence-electron chi connectivity index (χ1n) is 8.53. The molecule has 2 heterocycles. The Morgan fingerprint density at radius 2 is 1.88 bits per heavy atom. The summed E-state index contributed by atoms with van der Waals surface area (Å²) in [7, 11) is 0. The van der Waals surface area contributed by atoms with E-state index in [-0.39, 0.29) is 17.2 Å². The molecule has 2 atom stereocenters. The van der Waals surface area contributed by atoms with Crippen molar-refractivity contribution in [1.82, 2.24) is 10.6 Å². The molecule has 25 heavy (non-hydrogen) atoms. The van der Waals surface area contributed by atoms with E-state index in [1.807, 2.05) is 12.1 Å². The number of thiocarbonyl (C=S) groups is 1. The molecule has 4 rings (SSSR count). The fraction of sp³-hybridized carbons (Fsp3) is 0.350. The van der Waals surface area contributed by atoms with Crippen LogP contribution in [-0.2, 0) is 0 Å². The Hall–Kier alpha value is -2.27. The van der Waals surface area contributed by atoms with Crippen molar-refractivity contribution in [3.05, 3.63) is 59.7 Å². The van der Waals surface area contributed by atoms with Gasteiger partial charge in [0.2, 0.25) is 0 Å². The third kappa shape index (κ3) is 3.04. The predicted octanol–water partition coefficient (Wildman–Crippen LogP) is 3.65. The minimum Gasteiger partial charge on any atom is -0.508 e. The van der Waals surface area contributed by atoms with Gasteiger partial charge >= 0.3 is 0 Å². The fourth-order valence-electron chi connectivity index (χ4n) is 4.11. The van der Waals surface area contributed by atoms with Crippen LogP contribution in [0.2, 0.25) is 0 Å². The third-order valence-corrected chi connectivity index (χ3v) is 5.14. The van der Waals surface area contributed by atoms with E-state index in [2.05, 4.69) is 48.7 Å². The molecule has 3 N–H and O–H groups in total. The SMILES string of the molecule is CC1(C)C[C@]2(C[C@@H](c3ccccc3)c3ccc(O)cc3O2)NC(=S)N1. The zero-order chi connectivity index (χ0) is 17.7. The molecule has 0 amide bonds. The molecule has 1 saturated heterocycles. The van der Waals surface area contributed by atoms with Crippen molar-refractivity contribution in [3.8, 4) is 11.5 Å². The summed E-state index contributed by atoms with van der Waals surface area (Å²) in [6.45, 7) is 4.25. The molecule has 0 saturated carbocycles. The highest BCUT2D eigenvalue weighted by atomic mass is 32.1. The van der Waals surface area contributed by atoms with Crippen LogP contribution in [0.4, 0.5) is 0 Å². The van der Waals surface area contributed by atoms with Gasteiger partial charge in [-0.1, -0.05) is 36.4 Å². The standard InChI is InChI=1S/C20H22N2O2S/c1-19(2)12-20(22-18(25)21-19)11-16(13-6-4-3-5-7-13)15-9-8-14(23)10-17(15)24-20/h3-10,16,23H,11-12H2,1-2H3,(H2,21,22,25)/t16-,20+/m0/s1. The first kappa shape index (κ1) is 16.2. The average molecular weight is 354 g/mol. The van der Waals surface area contributed by atoms with Gasteiger partial charge in [0, 0.05) is 35.9 Å². The summed E-state index contributed by atoms with van der Waals surface area (Å²) in [5, 5.41) is 17.2. The van der Waals surface area contributed by atoms with E-state index < -0.39 is 5.72 Å². The summed E-state index contributed by atoms with van der Waals surface area (Å²) in [6.07, 6.45) is 1.54. The number of aromatic hydroxyl groups is 1. The zero-order valence-electron chi connectivity index (χ0n) is 14.4. The summed E-state index contributed by atoms with van der Waals surface area (Å²) in [5.74, 6) is 1.10. The van der Waals surface area contributed by atoms with Crippen molar-refractivity contribution >= 4 is 17.3 Å². The van der Waals surface area contributed by atoms with Crippen LogP contribution in [0.3, 0.4) is 0 Å². The molecule has 1 fully saturated rings. The summed E-state index contributed by atoms with van der Waals surface area (Å²) < 4.78 is 6.40. The van der Waals surface area contributed by atoms with Crippen LogP contribution in [-0.4, -0.2) is 21.5 Å². The van der Waals surface area contributed by atoms with Crippen LogP contribution >= 0.6 is 12.2 Å². The topological polar surface area (TPSA) is 53.5 Å². The van der Waals surface area contributed by atoms with E-state index in [4.69, 9.17) is 17.0 Å². The Labute approximate surface area is 153 Å². The quantitative estimate of drug-likeness (QED) is 0.683. The second kappa shape index (κ2) is 5.63. The highest BCUT2D eigenvalue weighted by Gasteiger charge is 2.48. The molecule has 2 aliphatic rings. The van der Waals surface area contributed by atoms with Crippen molar-refractivity contribution in [3.63, 3.8) is 0 Å². The van der Waals surface area contributed by atoms with E-state index in [1.165, 1.54) is 5.56 Å². The molecule has 0 unspecified atom stereocenters. The Morgan fingerprint density at radius 3 is 2.60 bits per heavy atom. The molecule has 5 heteroatoms. The first-order valence-corrected chi connectivity index (χ1v) is 8.94. The normalized spacial score (nSPS) is 27.0. The number of phenols is 1. The number of benzene rings is 2. The van der Waals surface area contributed by atoms with E-state index in [0.29, 0.717) is 10.9 Å². The van der Waals surface area contributed by atoms with Crippen molar-refractivity contribution < 1.29 is 9.84 Å². The maximum atomic E-state index is 9.95. The second-order valence-electron chi connectivity index (χ2n) is 7.63. The Bertz CT molecular complexity index is 822. The minimum atomic E-state index is -0.590. The Morgan fingerprint density at radius 1 is 1.12 bits per heavy atom. The zero-order valence-corrected chi connectivity index (χ0v) is 15.2. The molecule has 0 radical (unpaired) electrons. The van der Waals surface area contributed by atoms with Crippen LogP contribution in [0, 0.1) is 0 Å². The molecular formula is C20H22N2O2S. The highest BCUT2D eigenvalue weighted by Crippen LogP contribution is 2.47. The lowest BCUT2D eigenvalue weighted by atomic mass is 9.77. The number of fused-ring (bicyclic) bond motifs is 1. The Kier molecular flexibility index (Phi) is 3.65. The molecule has 0 bridgehead atoms. The summed E-state index contributed by atoms with van der Waals surface area (Å²) in [4.78, 5) is 0. The lowest BCUT2D eigenvalue weighted by Gasteiger charge is -2.50. The maximum Gasteiger partial charge on any atom is 0.185 e. The molecular weight excluding hydrogens is 332 g/mol. The molecule has 0 aliphatic carbocycles. The van der Waals surface area contributed by atoms with Crippen molar-refractivity contribution in [2.24, 2.45) is 0 Å².